The van der Waals surface area contributed by atoms with Crippen LogP contribution in [0.25, 0.3) is 0 Å². The van der Waals surface area contributed by atoms with Crippen LogP contribution in [0.2, 0.25) is 0 Å². The number of guanidine groups is 1. The molecule has 6 nitrogen and oxygen atoms in total. The third-order valence-corrected chi connectivity index (χ3v) is 8.66. The maximum Gasteiger partial charge on any atom is 0.416 e. The van der Waals surface area contributed by atoms with Gasteiger partial charge in [-0.15, -0.1) is 0 Å². The van der Waals surface area contributed by atoms with E-state index in [2.05, 4.69) is 10.2 Å². The highest BCUT2D eigenvalue weighted by Crippen LogP contribution is 2.36. The van der Waals surface area contributed by atoms with Crippen molar-refractivity contribution in [3.05, 3.63) is 130 Å². The number of piperazine rings is 1. The van der Waals surface area contributed by atoms with Gasteiger partial charge in [-0.2, -0.15) is 26.3 Å². The molecule has 1 atom stereocenters. The van der Waals surface area contributed by atoms with Gasteiger partial charge in [0.25, 0.3) is 0 Å². The number of aryl methyl sites for hydroxylation is 2. The summed E-state index contributed by atoms with van der Waals surface area (Å²) in [6.07, 6.45) is -10.1. The van der Waals surface area contributed by atoms with Crippen LogP contribution in [-0.2, 0) is 23.6 Å². The lowest BCUT2D eigenvalue weighted by Gasteiger charge is -2.41. The number of benzene rings is 4. The summed E-state index contributed by atoms with van der Waals surface area (Å²) in [6, 6.07) is 25.9. The Morgan fingerprint density at radius 2 is 1.32 bits per heavy atom. The fraction of sp³-hybridized carbons (Fsp3) is 0.316. The molecular weight excluding hydrogens is 656 g/mol. The van der Waals surface area contributed by atoms with Gasteiger partial charge in [0.2, 0.25) is 11.9 Å². The molecule has 0 aromatic heterocycles. The van der Waals surface area contributed by atoms with E-state index in [4.69, 9.17) is 4.99 Å². The first-order valence-corrected chi connectivity index (χ1v) is 16.2. The SMILES string of the molecule is Cc1ccc(N=C(Nc2ccc(C)cc2)N2CCN([C@H](C(=O)N(C)CCc3cc(C(F)(F)F)cc(C(F)(F)F)c3)c3ccccc3)CC2)cc1. The number of alkyl halides is 6. The molecule has 1 amide bonds. The number of carbonyl (C=O) groups excluding carboxylic acids is 1. The van der Waals surface area contributed by atoms with E-state index in [1.807, 2.05) is 97.6 Å². The van der Waals surface area contributed by atoms with E-state index >= 15 is 0 Å². The monoisotopic (exact) mass is 695 g/mol. The molecule has 1 fully saturated rings. The smallest absolute Gasteiger partial charge is 0.344 e. The summed E-state index contributed by atoms with van der Waals surface area (Å²) in [5.74, 6) is 0.357. The second-order valence-corrected chi connectivity index (χ2v) is 12.5. The lowest BCUT2D eigenvalue weighted by atomic mass is 10.0. The van der Waals surface area contributed by atoms with Crippen LogP contribution in [0.1, 0.15) is 39.4 Å². The van der Waals surface area contributed by atoms with Crippen molar-refractivity contribution < 1.29 is 31.1 Å². The molecule has 1 saturated heterocycles. The Labute approximate surface area is 288 Å². The molecule has 1 N–H and O–H groups in total. The van der Waals surface area contributed by atoms with Gasteiger partial charge in [0.1, 0.15) is 6.04 Å². The highest BCUT2D eigenvalue weighted by Gasteiger charge is 2.37. The van der Waals surface area contributed by atoms with Gasteiger partial charge in [0.05, 0.1) is 16.8 Å². The number of halogens is 6. The first kappa shape index (κ1) is 36.4. The fourth-order valence-electron chi connectivity index (χ4n) is 5.80. The number of carbonyl (C=O) groups is 1. The number of nitrogens with one attached hydrogen (secondary N) is 1. The molecular formula is C38H39F6N5O. The van der Waals surface area contributed by atoms with Gasteiger partial charge < -0.3 is 15.1 Å². The zero-order chi connectivity index (χ0) is 36.1. The van der Waals surface area contributed by atoms with E-state index in [0.717, 1.165) is 28.1 Å². The predicted octanol–water partition coefficient (Wildman–Crippen LogP) is 8.50. The lowest BCUT2D eigenvalue weighted by molar-refractivity contribution is -0.143. The molecule has 1 aliphatic rings. The third kappa shape index (κ3) is 9.44. The molecule has 4 aromatic rings. The van der Waals surface area contributed by atoms with Gasteiger partial charge in [0, 0.05) is 45.5 Å². The number of amides is 1. The van der Waals surface area contributed by atoms with E-state index in [9.17, 15) is 31.1 Å². The number of aliphatic imine (C=N–C) groups is 1. The molecule has 0 saturated carbocycles. The second kappa shape index (κ2) is 15.4. The Morgan fingerprint density at radius 3 is 1.86 bits per heavy atom. The summed E-state index contributed by atoms with van der Waals surface area (Å²) in [4.78, 5) is 24.5. The van der Waals surface area contributed by atoms with E-state index in [-0.39, 0.29) is 30.5 Å². The van der Waals surface area contributed by atoms with E-state index in [0.29, 0.717) is 44.3 Å². The molecule has 264 valence electrons. The minimum absolute atomic E-state index is 0.0748. The topological polar surface area (TPSA) is 51.2 Å². The molecule has 50 heavy (non-hydrogen) atoms. The Bertz CT molecular complexity index is 1730. The van der Waals surface area contributed by atoms with Crippen LogP contribution in [0.3, 0.4) is 0 Å². The molecule has 0 bridgehead atoms. The van der Waals surface area contributed by atoms with Crippen molar-refractivity contribution in [1.29, 1.82) is 0 Å². The average Bonchev–Trinajstić information content (AvgIpc) is 3.09. The second-order valence-electron chi connectivity index (χ2n) is 12.5. The van der Waals surface area contributed by atoms with Crippen LogP contribution >= 0.6 is 0 Å². The maximum absolute atomic E-state index is 14.0. The number of rotatable bonds is 8. The highest BCUT2D eigenvalue weighted by atomic mass is 19.4. The number of hydrogen-bond acceptors (Lipinski definition) is 3. The molecule has 0 radical (unpaired) electrons. The minimum Gasteiger partial charge on any atom is -0.344 e. The summed E-state index contributed by atoms with van der Waals surface area (Å²) in [5, 5.41) is 3.46. The van der Waals surface area contributed by atoms with E-state index in [1.165, 1.54) is 11.9 Å². The molecule has 12 heteroatoms. The largest absolute Gasteiger partial charge is 0.416 e. The molecule has 0 aliphatic carbocycles. The van der Waals surface area contributed by atoms with Crippen LogP contribution in [0.15, 0.2) is 102 Å². The first-order chi connectivity index (χ1) is 23.7. The normalized spacial score (nSPS) is 15.1. The van der Waals surface area contributed by atoms with Crippen molar-refractivity contribution in [3.63, 3.8) is 0 Å². The quantitative estimate of drug-likeness (QED) is 0.114. The Hall–Kier alpha value is -4.84. The predicted molar refractivity (Wildman–Crippen MR) is 183 cm³/mol. The third-order valence-electron chi connectivity index (χ3n) is 8.66. The van der Waals surface area contributed by atoms with Gasteiger partial charge in [0.15, 0.2) is 0 Å². The van der Waals surface area contributed by atoms with Crippen LogP contribution < -0.4 is 5.32 Å². The van der Waals surface area contributed by atoms with E-state index < -0.39 is 29.5 Å². The molecule has 4 aromatic carbocycles. The Morgan fingerprint density at radius 1 is 0.780 bits per heavy atom. The minimum atomic E-state index is -4.95. The Balaban J connectivity index is 1.33. The molecule has 0 unspecified atom stereocenters. The van der Waals surface area contributed by atoms with Crippen LogP contribution in [0.5, 0.6) is 0 Å². The molecule has 1 heterocycles. The van der Waals surface area contributed by atoms with Crippen molar-refractivity contribution in [2.24, 2.45) is 4.99 Å². The lowest BCUT2D eigenvalue weighted by Crippen LogP contribution is -2.53. The standard InChI is InChI=1S/C38H39F6N5O/c1-26-9-13-32(14-10-26)45-36(46-33-15-11-27(2)12-16-33)49-21-19-48(20-22-49)34(29-7-5-4-6-8-29)35(50)47(3)18-17-28-23-30(37(39,40)41)25-31(24-28)38(42,43)44/h4-16,23-25,34H,17-22H2,1-3H3,(H,45,46)/t34-/m0/s1. The van der Waals surface area contributed by atoms with E-state index in [1.54, 1.807) is 0 Å². The molecule has 5 rings (SSSR count). The van der Waals surface area contributed by atoms with Crippen molar-refractivity contribution in [3.8, 4) is 0 Å². The van der Waals surface area contributed by atoms with Crippen LogP contribution in [-0.4, -0.2) is 66.3 Å². The summed E-state index contributed by atoms with van der Waals surface area (Å²) in [5.41, 5.74) is 1.75. The summed E-state index contributed by atoms with van der Waals surface area (Å²) < 4.78 is 80.6. The summed E-state index contributed by atoms with van der Waals surface area (Å²) >= 11 is 0. The van der Waals surface area contributed by atoms with Crippen molar-refractivity contribution in [1.82, 2.24) is 14.7 Å². The van der Waals surface area contributed by atoms with Gasteiger partial charge >= 0.3 is 12.4 Å². The fourth-order valence-corrected chi connectivity index (χ4v) is 5.80. The van der Waals surface area contributed by atoms with Crippen molar-refractivity contribution in [2.75, 3.05) is 45.1 Å². The van der Waals surface area contributed by atoms with Gasteiger partial charge in [-0.3, -0.25) is 9.69 Å². The zero-order valence-electron chi connectivity index (χ0n) is 28.0. The zero-order valence-corrected chi connectivity index (χ0v) is 28.0. The number of nitrogens with zero attached hydrogens (tertiary/aromatic N) is 4. The summed E-state index contributed by atoms with van der Waals surface area (Å²) in [7, 11) is 1.52. The van der Waals surface area contributed by atoms with Gasteiger partial charge in [-0.25, -0.2) is 4.99 Å². The Kier molecular flexibility index (Phi) is 11.2. The van der Waals surface area contributed by atoms with Crippen LogP contribution in [0, 0.1) is 13.8 Å². The number of anilines is 1. The average molecular weight is 696 g/mol. The maximum atomic E-state index is 14.0. The number of likely N-dealkylation sites (N-methyl/N-ethyl adjacent to an activating group) is 1. The summed E-state index contributed by atoms with van der Waals surface area (Å²) in [6.45, 7) is 6.00. The number of hydrogen-bond donors (Lipinski definition) is 1. The first-order valence-electron chi connectivity index (χ1n) is 16.2. The van der Waals surface area contributed by atoms with Crippen LogP contribution in [0.4, 0.5) is 37.7 Å². The van der Waals surface area contributed by atoms with Crippen molar-refractivity contribution in [2.45, 2.75) is 38.7 Å². The van der Waals surface area contributed by atoms with Crippen molar-refractivity contribution >= 4 is 23.2 Å². The van der Waals surface area contributed by atoms with Gasteiger partial charge in [-0.05, 0) is 73.9 Å². The van der Waals surface area contributed by atoms with Gasteiger partial charge in [-0.1, -0.05) is 65.7 Å². The highest BCUT2D eigenvalue weighted by molar-refractivity contribution is 5.95. The molecule has 0 spiro atoms. The molecule has 1 aliphatic heterocycles.